The van der Waals surface area contributed by atoms with Gasteiger partial charge in [-0.2, -0.15) is 0 Å². The number of hydrogen-bond donors (Lipinski definition) is 1. The van der Waals surface area contributed by atoms with Gasteiger partial charge in [0.1, 0.15) is 11.0 Å². The monoisotopic (exact) mass is 300 g/mol. The molecule has 0 atom stereocenters. The summed E-state index contributed by atoms with van der Waals surface area (Å²) in [6.45, 7) is 1.55. The fourth-order valence-electron chi connectivity index (χ4n) is 1.47. The first-order valence-electron chi connectivity index (χ1n) is 5.29. The van der Waals surface area contributed by atoms with Crippen LogP contribution < -0.4 is 4.72 Å². The third kappa shape index (κ3) is 3.21. The van der Waals surface area contributed by atoms with Crippen LogP contribution in [0.2, 0.25) is 5.15 Å². The SMILES string of the molecule is Cc1cc(NS(=O)(=O)c2ccnc(Cl)c2)ccc1F. The molecule has 7 heteroatoms. The lowest BCUT2D eigenvalue weighted by Crippen LogP contribution is -2.13. The molecule has 0 aliphatic rings. The van der Waals surface area contributed by atoms with Crippen molar-refractivity contribution in [3.63, 3.8) is 0 Å². The molecular weight excluding hydrogens is 291 g/mol. The van der Waals surface area contributed by atoms with Crippen LogP contribution in [0.5, 0.6) is 0 Å². The van der Waals surface area contributed by atoms with Crippen molar-refractivity contribution in [1.82, 2.24) is 4.98 Å². The largest absolute Gasteiger partial charge is 0.280 e. The van der Waals surface area contributed by atoms with Gasteiger partial charge in [-0.15, -0.1) is 0 Å². The average molecular weight is 301 g/mol. The molecule has 1 aromatic heterocycles. The molecule has 0 radical (unpaired) electrons. The van der Waals surface area contributed by atoms with Crippen LogP contribution in [-0.4, -0.2) is 13.4 Å². The van der Waals surface area contributed by atoms with E-state index in [1.54, 1.807) is 6.92 Å². The zero-order valence-electron chi connectivity index (χ0n) is 9.89. The molecule has 0 saturated heterocycles. The first-order chi connectivity index (χ1) is 8.88. The van der Waals surface area contributed by atoms with E-state index in [9.17, 15) is 12.8 Å². The van der Waals surface area contributed by atoms with Crippen molar-refractivity contribution in [3.8, 4) is 0 Å². The van der Waals surface area contributed by atoms with Gasteiger partial charge in [0.2, 0.25) is 0 Å². The molecule has 0 amide bonds. The highest BCUT2D eigenvalue weighted by atomic mass is 35.5. The minimum atomic E-state index is -3.76. The van der Waals surface area contributed by atoms with Gasteiger partial charge < -0.3 is 0 Å². The van der Waals surface area contributed by atoms with Crippen LogP contribution in [-0.2, 0) is 10.0 Å². The zero-order valence-corrected chi connectivity index (χ0v) is 11.5. The Labute approximate surface area is 115 Å². The van der Waals surface area contributed by atoms with E-state index in [-0.39, 0.29) is 15.7 Å². The number of nitrogens with zero attached hydrogens (tertiary/aromatic N) is 1. The quantitative estimate of drug-likeness (QED) is 0.887. The smallest absolute Gasteiger partial charge is 0.262 e. The van der Waals surface area contributed by atoms with E-state index in [0.29, 0.717) is 5.56 Å². The molecule has 2 rings (SSSR count). The highest BCUT2D eigenvalue weighted by Gasteiger charge is 2.15. The molecule has 0 aliphatic heterocycles. The van der Waals surface area contributed by atoms with Gasteiger partial charge >= 0.3 is 0 Å². The number of benzene rings is 1. The number of pyridine rings is 1. The summed E-state index contributed by atoms with van der Waals surface area (Å²) in [6, 6.07) is 6.52. The lowest BCUT2D eigenvalue weighted by atomic mass is 10.2. The summed E-state index contributed by atoms with van der Waals surface area (Å²) >= 11 is 5.65. The predicted molar refractivity (Wildman–Crippen MR) is 71.2 cm³/mol. The zero-order chi connectivity index (χ0) is 14.0. The molecule has 0 spiro atoms. The normalized spacial score (nSPS) is 11.3. The average Bonchev–Trinajstić information content (AvgIpc) is 2.33. The third-order valence-electron chi connectivity index (χ3n) is 2.42. The van der Waals surface area contributed by atoms with E-state index in [2.05, 4.69) is 9.71 Å². The molecule has 0 aliphatic carbocycles. The molecule has 1 aromatic carbocycles. The van der Waals surface area contributed by atoms with Crippen molar-refractivity contribution in [1.29, 1.82) is 0 Å². The first-order valence-corrected chi connectivity index (χ1v) is 7.15. The Morgan fingerprint density at radius 1 is 1.26 bits per heavy atom. The standard InChI is InChI=1S/C12H10ClFN2O2S/c1-8-6-9(2-3-11(8)14)16-19(17,18)10-4-5-15-12(13)7-10/h2-7,16H,1H3. The summed E-state index contributed by atoms with van der Waals surface area (Å²) in [5.74, 6) is -0.394. The van der Waals surface area contributed by atoms with Gasteiger partial charge in [0.15, 0.2) is 0 Å². The number of rotatable bonds is 3. The second-order valence-corrected chi connectivity index (χ2v) is 5.95. The van der Waals surface area contributed by atoms with E-state index in [4.69, 9.17) is 11.6 Å². The number of halogens is 2. The van der Waals surface area contributed by atoms with E-state index >= 15 is 0 Å². The highest BCUT2D eigenvalue weighted by Crippen LogP contribution is 2.19. The van der Waals surface area contributed by atoms with Crippen LogP contribution in [0.4, 0.5) is 10.1 Å². The number of hydrogen-bond acceptors (Lipinski definition) is 3. The second-order valence-electron chi connectivity index (χ2n) is 3.88. The Morgan fingerprint density at radius 3 is 2.63 bits per heavy atom. The van der Waals surface area contributed by atoms with E-state index in [0.717, 1.165) is 0 Å². The molecule has 2 aromatic rings. The Morgan fingerprint density at radius 2 is 2.00 bits per heavy atom. The van der Waals surface area contributed by atoms with E-state index < -0.39 is 15.8 Å². The molecular formula is C12H10ClFN2O2S. The van der Waals surface area contributed by atoms with Crippen LogP contribution in [0, 0.1) is 12.7 Å². The third-order valence-corrected chi connectivity index (χ3v) is 4.00. The highest BCUT2D eigenvalue weighted by molar-refractivity contribution is 7.92. The first kappa shape index (κ1) is 13.8. The maximum absolute atomic E-state index is 13.1. The number of nitrogens with one attached hydrogen (secondary N) is 1. The van der Waals surface area contributed by atoms with Crippen LogP contribution >= 0.6 is 11.6 Å². The van der Waals surface area contributed by atoms with Crippen molar-refractivity contribution in [2.75, 3.05) is 4.72 Å². The molecule has 0 saturated carbocycles. The van der Waals surface area contributed by atoms with Crippen molar-refractivity contribution in [2.45, 2.75) is 11.8 Å². The van der Waals surface area contributed by atoms with Crippen molar-refractivity contribution in [3.05, 3.63) is 53.1 Å². The molecule has 0 fully saturated rings. The maximum Gasteiger partial charge on any atom is 0.262 e. The minimum absolute atomic E-state index is 0.00511. The summed E-state index contributed by atoms with van der Waals surface area (Å²) < 4.78 is 39.6. The molecule has 19 heavy (non-hydrogen) atoms. The van der Waals surface area contributed by atoms with E-state index in [1.165, 1.54) is 36.5 Å². The van der Waals surface area contributed by atoms with Crippen LogP contribution in [0.1, 0.15) is 5.56 Å². The fraction of sp³-hybridized carbons (Fsp3) is 0.0833. The van der Waals surface area contributed by atoms with Gasteiger partial charge in [0.25, 0.3) is 10.0 Å². The number of aromatic nitrogens is 1. The minimum Gasteiger partial charge on any atom is -0.280 e. The molecule has 4 nitrogen and oxygen atoms in total. The summed E-state index contributed by atoms with van der Waals surface area (Å²) in [7, 11) is -3.76. The Hall–Kier alpha value is -1.66. The number of anilines is 1. The van der Waals surface area contributed by atoms with Gasteiger partial charge in [-0.1, -0.05) is 11.6 Å². The Kier molecular flexibility index (Phi) is 3.73. The van der Waals surface area contributed by atoms with Gasteiger partial charge in [-0.05, 0) is 42.8 Å². The summed E-state index contributed by atoms with van der Waals surface area (Å²) in [5.41, 5.74) is 0.639. The number of sulfonamides is 1. The van der Waals surface area contributed by atoms with Crippen LogP contribution in [0.25, 0.3) is 0 Å². The summed E-state index contributed by atoms with van der Waals surface area (Å²) in [4.78, 5) is 3.70. The lowest BCUT2D eigenvalue weighted by Gasteiger charge is -2.09. The maximum atomic E-state index is 13.1. The van der Waals surface area contributed by atoms with Gasteiger partial charge in [-0.3, -0.25) is 4.72 Å². The topological polar surface area (TPSA) is 59.1 Å². The van der Waals surface area contributed by atoms with E-state index in [1.807, 2.05) is 0 Å². The fourth-order valence-corrected chi connectivity index (χ4v) is 2.77. The molecule has 0 bridgehead atoms. The van der Waals surface area contributed by atoms with Gasteiger partial charge in [-0.25, -0.2) is 17.8 Å². The lowest BCUT2D eigenvalue weighted by molar-refractivity contribution is 0.600. The second kappa shape index (κ2) is 5.14. The predicted octanol–water partition coefficient (Wildman–Crippen LogP) is 2.98. The van der Waals surface area contributed by atoms with Crippen molar-refractivity contribution >= 4 is 27.3 Å². The Bertz CT molecular complexity index is 719. The summed E-state index contributed by atoms with van der Waals surface area (Å²) in [6.07, 6.45) is 1.30. The van der Waals surface area contributed by atoms with Crippen molar-refractivity contribution < 1.29 is 12.8 Å². The Balaban J connectivity index is 2.33. The van der Waals surface area contributed by atoms with Gasteiger partial charge in [0.05, 0.1) is 4.90 Å². The molecule has 1 heterocycles. The molecule has 100 valence electrons. The van der Waals surface area contributed by atoms with Gasteiger partial charge in [0, 0.05) is 11.9 Å². The summed E-state index contributed by atoms with van der Waals surface area (Å²) in [5, 5.41) is 0.0816. The van der Waals surface area contributed by atoms with Crippen molar-refractivity contribution in [2.24, 2.45) is 0 Å². The molecule has 0 unspecified atom stereocenters. The van der Waals surface area contributed by atoms with Crippen LogP contribution in [0.15, 0.2) is 41.4 Å². The number of aryl methyl sites for hydroxylation is 1. The molecule has 1 N–H and O–H groups in total. The van der Waals surface area contributed by atoms with Crippen LogP contribution in [0.3, 0.4) is 0 Å².